The quantitative estimate of drug-likeness (QED) is 0.872. The number of methoxy groups -OCH3 is 1. The number of thiazole rings is 1. The summed E-state index contributed by atoms with van der Waals surface area (Å²) >= 11 is 1.51. The number of nitrogens with zero attached hydrogens (tertiary/aromatic N) is 3. The number of rotatable bonds is 3. The van der Waals surface area contributed by atoms with Crippen LogP contribution in [-0.4, -0.2) is 49.1 Å². The fourth-order valence-corrected chi connectivity index (χ4v) is 3.27. The van der Waals surface area contributed by atoms with Gasteiger partial charge in [0.25, 0.3) is 5.91 Å². The molecular weight excluding hydrogens is 298 g/mol. The van der Waals surface area contributed by atoms with E-state index in [1.807, 2.05) is 30.0 Å². The maximum absolute atomic E-state index is 12.5. The van der Waals surface area contributed by atoms with E-state index in [-0.39, 0.29) is 5.91 Å². The molecule has 3 rings (SSSR count). The molecule has 116 valence electrons. The van der Waals surface area contributed by atoms with Crippen molar-refractivity contribution in [2.45, 2.75) is 6.92 Å². The highest BCUT2D eigenvalue weighted by Crippen LogP contribution is 2.28. The van der Waals surface area contributed by atoms with Crippen molar-refractivity contribution in [1.29, 1.82) is 0 Å². The van der Waals surface area contributed by atoms with Gasteiger partial charge in [-0.05, 0) is 19.1 Å². The van der Waals surface area contributed by atoms with Crippen LogP contribution in [0.15, 0.2) is 29.8 Å². The van der Waals surface area contributed by atoms with E-state index in [1.165, 1.54) is 11.3 Å². The first-order valence-electron chi connectivity index (χ1n) is 7.28. The van der Waals surface area contributed by atoms with Crippen LogP contribution >= 0.6 is 11.3 Å². The van der Waals surface area contributed by atoms with Crippen LogP contribution in [0.5, 0.6) is 5.75 Å². The number of para-hydroxylation sites is 2. The molecule has 0 radical (unpaired) electrons. The zero-order valence-electron chi connectivity index (χ0n) is 12.8. The lowest BCUT2D eigenvalue weighted by molar-refractivity contribution is 0.0741. The lowest BCUT2D eigenvalue weighted by Crippen LogP contribution is -2.49. The Morgan fingerprint density at radius 3 is 2.59 bits per heavy atom. The first-order chi connectivity index (χ1) is 10.7. The van der Waals surface area contributed by atoms with Gasteiger partial charge in [0.1, 0.15) is 11.4 Å². The molecule has 1 fully saturated rings. The molecule has 2 aromatic rings. The second-order valence-corrected chi connectivity index (χ2v) is 6.27. The summed E-state index contributed by atoms with van der Waals surface area (Å²) in [4.78, 5) is 21.8. The number of amides is 1. The van der Waals surface area contributed by atoms with Gasteiger partial charge in [-0.25, -0.2) is 4.98 Å². The fraction of sp³-hybridized carbons (Fsp3) is 0.375. The van der Waals surface area contributed by atoms with E-state index in [0.717, 1.165) is 29.4 Å². The molecule has 1 aliphatic heterocycles. The monoisotopic (exact) mass is 317 g/mol. The van der Waals surface area contributed by atoms with Gasteiger partial charge in [-0.2, -0.15) is 0 Å². The summed E-state index contributed by atoms with van der Waals surface area (Å²) in [6.45, 7) is 4.95. The number of aromatic nitrogens is 1. The van der Waals surface area contributed by atoms with E-state index in [2.05, 4.69) is 16.0 Å². The molecule has 0 atom stereocenters. The van der Waals surface area contributed by atoms with E-state index in [4.69, 9.17) is 4.74 Å². The average molecular weight is 317 g/mol. The molecule has 0 N–H and O–H groups in total. The second-order valence-electron chi connectivity index (χ2n) is 5.21. The molecule has 6 heteroatoms. The Labute approximate surface area is 134 Å². The molecule has 0 unspecified atom stereocenters. The van der Waals surface area contributed by atoms with Crippen molar-refractivity contribution in [3.8, 4) is 5.75 Å². The summed E-state index contributed by atoms with van der Waals surface area (Å²) in [6, 6.07) is 7.99. The third-order valence-electron chi connectivity index (χ3n) is 3.94. The molecule has 5 nitrogen and oxygen atoms in total. The van der Waals surface area contributed by atoms with Crippen LogP contribution in [0.2, 0.25) is 0 Å². The Morgan fingerprint density at radius 2 is 1.95 bits per heavy atom. The lowest BCUT2D eigenvalue weighted by Gasteiger charge is -2.36. The first kappa shape index (κ1) is 14.8. The Balaban J connectivity index is 1.68. The van der Waals surface area contributed by atoms with E-state index in [1.54, 1.807) is 12.6 Å². The predicted molar refractivity (Wildman–Crippen MR) is 88.0 cm³/mol. The van der Waals surface area contributed by atoms with Gasteiger partial charge in [0.15, 0.2) is 0 Å². The fourth-order valence-electron chi connectivity index (χ4n) is 2.70. The minimum Gasteiger partial charge on any atom is -0.495 e. The standard InChI is InChI=1S/C16H19N3O2S/c1-12-15(17-11-22-12)16(20)19-9-7-18(8-10-19)13-5-3-4-6-14(13)21-2/h3-6,11H,7-10H2,1-2H3. The number of ether oxygens (including phenoxy) is 1. The zero-order chi connectivity index (χ0) is 15.5. The normalized spacial score (nSPS) is 15.0. The molecule has 22 heavy (non-hydrogen) atoms. The summed E-state index contributed by atoms with van der Waals surface area (Å²) in [5.41, 5.74) is 3.41. The van der Waals surface area contributed by atoms with Crippen molar-refractivity contribution >= 4 is 22.9 Å². The number of hydrogen-bond donors (Lipinski definition) is 0. The summed E-state index contributed by atoms with van der Waals surface area (Å²) in [6.07, 6.45) is 0. The number of piperazine rings is 1. The molecule has 0 spiro atoms. The minimum absolute atomic E-state index is 0.0402. The molecule has 0 bridgehead atoms. The topological polar surface area (TPSA) is 45.7 Å². The maximum Gasteiger partial charge on any atom is 0.273 e. The average Bonchev–Trinajstić information content (AvgIpc) is 3.00. The highest BCUT2D eigenvalue weighted by molar-refractivity contribution is 7.09. The van der Waals surface area contributed by atoms with Gasteiger partial charge >= 0.3 is 0 Å². The number of aryl methyl sites for hydroxylation is 1. The van der Waals surface area contributed by atoms with Crippen LogP contribution in [0.25, 0.3) is 0 Å². The van der Waals surface area contributed by atoms with Crippen molar-refractivity contribution in [3.63, 3.8) is 0 Å². The highest BCUT2D eigenvalue weighted by atomic mass is 32.1. The van der Waals surface area contributed by atoms with Crippen LogP contribution < -0.4 is 9.64 Å². The molecule has 1 aromatic heterocycles. The SMILES string of the molecule is COc1ccccc1N1CCN(C(=O)c2ncsc2C)CC1. The highest BCUT2D eigenvalue weighted by Gasteiger charge is 2.25. The van der Waals surface area contributed by atoms with Crippen molar-refractivity contribution < 1.29 is 9.53 Å². The van der Waals surface area contributed by atoms with Crippen molar-refractivity contribution in [3.05, 3.63) is 40.3 Å². The molecule has 1 saturated heterocycles. The van der Waals surface area contributed by atoms with Gasteiger partial charge in [0.2, 0.25) is 0 Å². The Hall–Kier alpha value is -2.08. The number of carbonyl (C=O) groups is 1. The van der Waals surface area contributed by atoms with Crippen LogP contribution in [0.3, 0.4) is 0 Å². The van der Waals surface area contributed by atoms with E-state index in [9.17, 15) is 4.79 Å². The van der Waals surface area contributed by atoms with Crippen molar-refractivity contribution in [2.75, 3.05) is 38.2 Å². The number of benzene rings is 1. The molecule has 0 saturated carbocycles. The zero-order valence-corrected chi connectivity index (χ0v) is 13.6. The van der Waals surface area contributed by atoms with Crippen molar-refractivity contribution in [1.82, 2.24) is 9.88 Å². The third kappa shape index (κ3) is 2.78. The molecule has 2 heterocycles. The van der Waals surface area contributed by atoms with Gasteiger partial charge < -0.3 is 14.5 Å². The lowest BCUT2D eigenvalue weighted by atomic mass is 10.2. The molecule has 1 amide bonds. The molecule has 1 aromatic carbocycles. The summed E-state index contributed by atoms with van der Waals surface area (Å²) in [5, 5.41) is 0. The first-order valence-corrected chi connectivity index (χ1v) is 8.16. The van der Waals surface area contributed by atoms with E-state index in [0.29, 0.717) is 18.8 Å². The largest absolute Gasteiger partial charge is 0.495 e. The van der Waals surface area contributed by atoms with Crippen molar-refractivity contribution in [2.24, 2.45) is 0 Å². The molecular formula is C16H19N3O2S. The third-order valence-corrected chi connectivity index (χ3v) is 4.70. The van der Waals surface area contributed by atoms with Gasteiger partial charge in [-0.15, -0.1) is 11.3 Å². The summed E-state index contributed by atoms with van der Waals surface area (Å²) < 4.78 is 5.42. The maximum atomic E-state index is 12.5. The Kier molecular flexibility index (Phi) is 4.29. The predicted octanol–water partition coefficient (Wildman–Crippen LogP) is 2.42. The number of anilines is 1. The summed E-state index contributed by atoms with van der Waals surface area (Å²) in [5.74, 6) is 0.913. The van der Waals surface area contributed by atoms with E-state index < -0.39 is 0 Å². The number of carbonyl (C=O) groups excluding carboxylic acids is 1. The number of hydrogen-bond acceptors (Lipinski definition) is 5. The van der Waals surface area contributed by atoms with Gasteiger partial charge in [-0.1, -0.05) is 12.1 Å². The summed E-state index contributed by atoms with van der Waals surface area (Å²) in [7, 11) is 1.68. The smallest absolute Gasteiger partial charge is 0.273 e. The molecule has 0 aliphatic carbocycles. The van der Waals surface area contributed by atoms with Crippen LogP contribution in [0, 0.1) is 6.92 Å². The van der Waals surface area contributed by atoms with Crippen LogP contribution in [-0.2, 0) is 0 Å². The van der Waals surface area contributed by atoms with Crippen LogP contribution in [0.4, 0.5) is 5.69 Å². The minimum atomic E-state index is 0.0402. The molecule has 1 aliphatic rings. The Bertz CT molecular complexity index is 663. The van der Waals surface area contributed by atoms with Gasteiger partial charge in [-0.3, -0.25) is 4.79 Å². The van der Waals surface area contributed by atoms with Crippen LogP contribution in [0.1, 0.15) is 15.4 Å². The Morgan fingerprint density at radius 1 is 1.23 bits per heavy atom. The van der Waals surface area contributed by atoms with Gasteiger partial charge in [0.05, 0.1) is 18.3 Å². The van der Waals surface area contributed by atoms with E-state index >= 15 is 0 Å². The van der Waals surface area contributed by atoms with Gasteiger partial charge in [0, 0.05) is 31.1 Å². The second kappa shape index (κ2) is 6.36.